The maximum absolute atomic E-state index is 12.4. The van der Waals surface area contributed by atoms with Gasteiger partial charge in [0.05, 0.1) is 41.8 Å². The van der Waals surface area contributed by atoms with Gasteiger partial charge in [-0.3, -0.25) is 14.9 Å². The lowest BCUT2D eigenvalue weighted by atomic mass is 10.2. The predicted octanol–water partition coefficient (Wildman–Crippen LogP) is 3.18. The highest BCUT2D eigenvalue weighted by Crippen LogP contribution is 2.32. The number of aromatic nitrogens is 4. The first-order chi connectivity index (χ1) is 16.9. The predicted molar refractivity (Wildman–Crippen MR) is 125 cm³/mol. The van der Waals surface area contributed by atoms with Crippen LogP contribution in [0.15, 0.2) is 48.5 Å². The number of nitrogens with zero attached hydrogens (tertiary/aromatic N) is 5. The molecule has 1 amide bonds. The number of halogens is 1. The molecule has 2 aromatic heterocycles. The Balaban J connectivity index is 1.45. The molecule has 0 fully saturated rings. The fourth-order valence-electron chi connectivity index (χ4n) is 3.22. The second-order valence-electron chi connectivity index (χ2n) is 7.06. The van der Waals surface area contributed by atoms with Gasteiger partial charge in [0.25, 0.3) is 11.6 Å². The van der Waals surface area contributed by atoms with Crippen molar-refractivity contribution in [2.24, 2.45) is 0 Å². The summed E-state index contributed by atoms with van der Waals surface area (Å²) in [4.78, 5) is 22.7. The van der Waals surface area contributed by atoms with Crippen molar-refractivity contribution in [3.8, 4) is 28.8 Å². The second-order valence-corrected chi connectivity index (χ2v) is 7.46. The van der Waals surface area contributed by atoms with Crippen molar-refractivity contribution < 1.29 is 23.9 Å². The minimum atomic E-state index is -0.598. The lowest BCUT2D eigenvalue weighted by molar-refractivity contribution is -0.384. The average Bonchev–Trinajstić information content (AvgIpc) is 3.29. The summed E-state index contributed by atoms with van der Waals surface area (Å²) in [5.74, 6) is 1.32. The van der Waals surface area contributed by atoms with Crippen LogP contribution in [-0.4, -0.2) is 58.0 Å². The third-order valence-electron chi connectivity index (χ3n) is 4.93. The van der Waals surface area contributed by atoms with E-state index < -0.39 is 10.8 Å². The Morgan fingerprint density at radius 1 is 1.11 bits per heavy atom. The fraction of sp³-hybridized carbons (Fsp3) is 0.182. The summed E-state index contributed by atoms with van der Waals surface area (Å²) >= 11 is 6.00. The molecule has 0 radical (unpaired) electrons. The number of amides is 1. The van der Waals surface area contributed by atoms with Crippen LogP contribution in [0, 0.1) is 10.1 Å². The minimum absolute atomic E-state index is 0.00276. The Morgan fingerprint density at radius 2 is 1.94 bits per heavy atom. The van der Waals surface area contributed by atoms with Crippen LogP contribution in [0.3, 0.4) is 0 Å². The Bertz CT molecular complexity index is 1410. The summed E-state index contributed by atoms with van der Waals surface area (Å²) in [5.41, 5.74) is 0.930. The molecular weight excluding hydrogens is 480 g/mol. The van der Waals surface area contributed by atoms with Crippen molar-refractivity contribution >= 4 is 28.8 Å². The molecule has 0 atom stereocenters. The zero-order valence-corrected chi connectivity index (χ0v) is 19.4. The van der Waals surface area contributed by atoms with E-state index in [1.54, 1.807) is 44.6 Å². The summed E-state index contributed by atoms with van der Waals surface area (Å²) in [6.45, 7) is 0.193. The average molecular weight is 499 g/mol. The molecule has 4 rings (SSSR count). The summed E-state index contributed by atoms with van der Waals surface area (Å²) < 4.78 is 17.8. The van der Waals surface area contributed by atoms with Gasteiger partial charge in [-0.1, -0.05) is 11.6 Å². The van der Waals surface area contributed by atoms with Crippen LogP contribution < -0.4 is 19.5 Å². The van der Waals surface area contributed by atoms with Crippen LogP contribution in [0.2, 0.25) is 5.02 Å². The number of carbonyl (C=O) groups excluding carboxylic acids is 1. The van der Waals surface area contributed by atoms with Crippen molar-refractivity contribution in [3.05, 3.63) is 69.2 Å². The molecule has 4 aromatic rings. The molecule has 0 spiro atoms. The topological polar surface area (TPSA) is 143 Å². The lowest BCUT2D eigenvalue weighted by Crippen LogP contribution is -2.28. The molecule has 0 aliphatic carbocycles. The van der Waals surface area contributed by atoms with Gasteiger partial charge in [-0.2, -0.15) is 4.52 Å². The van der Waals surface area contributed by atoms with E-state index in [4.69, 9.17) is 25.8 Å². The number of carbonyl (C=O) groups is 1. The number of nitro groups is 1. The third-order valence-corrected chi connectivity index (χ3v) is 5.26. The van der Waals surface area contributed by atoms with E-state index in [0.717, 1.165) is 6.07 Å². The molecule has 0 saturated heterocycles. The molecule has 12 nitrogen and oxygen atoms in total. The van der Waals surface area contributed by atoms with Crippen LogP contribution in [-0.2, 0) is 0 Å². The molecule has 180 valence electrons. The van der Waals surface area contributed by atoms with Gasteiger partial charge >= 0.3 is 0 Å². The molecule has 0 aliphatic rings. The molecule has 0 unspecified atom stereocenters. The van der Waals surface area contributed by atoms with Crippen molar-refractivity contribution in [2.45, 2.75) is 0 Å². The first-order valence-corrected chi connectivity index (χ1v) is 10.6. The minimum Gasteiger partial charge on any atom is -0.497 e. The summed E-state index contributed by atoms with van der Waals surface area (Å²) in [5, 5.41) is 26.4. The zero-order valence-electron chi connectivity index (χ0n) is 18.6. The van der Waals surface area contributed by atoms with Crippen molar-refractivity contribution in [3.63, 3.8) is 0 Å². The molecule has 1 N–H and O–H groups in total. The van der Waals surface area contributed by atoms with E-state index in [-0.39, 0.29) is 35.3 Å². The second kappa shape index (κ2) is 10.2. The normalized spacial score (nSPS) is 10.7. The van der Waals surface area contributed by atoms with E-state index in [2.05, 4.69) is 20.6 Å². The largest absolute Gasteiger partial charge is 0.497 e. The van der Waals surface area contributed by atoms with Crippen LogP contribution in [0.25, 0.3) is 17.0 Å². The highest BCUT2D eigenvalue weighted by atomic mass is 35.5. The quantitative estimate of drug-likeness (QED) is 0.209. The van der Waals surface area contributed by atoms with E-state index in [9.17, 15) is 14.9 Å². The number of benzene rings is 2. The van der Waals surface area contributed by atoms with Gasteiger partial charge in [-0.15, -0.1) is 15.3 Å². The molecule has 0 bridgehead atoms. The number of nitrogens with one attached hydrogen (secondary N) is 1. The molecule has 0 saturated carbocycles. The van der Waals surface area contributed by atoms with Crippen LogP contribution in [0.1, 0.15) is 10.4 Å². The van der Waals surface area contributed by atoms with Gasteiger partial charge in [-0.05, 0) is 24.3 Å². The van der Waals surface area contributed by atoms with Gasteiger partial charge in [-0.25, -0.2) is 0 Å². The first-order valence-electron chi connectivity index (χ1n) is 10.2. The van der Waals surface area contributed by atoms with Crippen LogP contribution >= 0.6 is 11.6 Å². The monoisotopic (exact) mass is 498 g/mol. The fourth-order valence-corrected chi connectivity index (χ4v) is 3.42. The highest BCUT2D eigenvalue weighted by molar-refractivity contribution is 6.33. The number of nitro benzene ring substituents is 1. The standard InChI is InChI=1S/C22H19ClN6O6/c1-33-14-4-5-15(18(12-14)34-2)21-26-25-19-7-8-20(27-28(19)21)35-10-9-24-22(30)16-11-13(29(31)32)3-6-17(16)23/h3-8,11-12H,9-10H2,1-2H3,(H,24,30). The van der Waals surface area contributed by atoms with Crippen molar-refractivity contribution in [2.75, 3.05) is 27.4 Å². The SMILES string of the molecule is COc1ccc(-c2nnc3ccc(OCCNC(=O)c4cc([N+](=O)[O-])ccc4Cl)nn23)c(OC)c1. The maximum atomic E-state index is 12.4. The van der Waals surface area contributed by atoms with E-state index in [1.807, 2.05) is 0 Å². The Kier molecular flexibility index (Phi) is 6.92. The van der Waals surface area contributed by atoms with Gasteiger partial charge in [0.15, 0.2) is 11.5 Å². The van der Waals surface area contributed by atoms with E-state index in [1.165, 1.54) is 16.6 Å². The number of rotatable bonds is 9. The van der Waals surface area contributed by atoms with Gasteiger partial charge in [0.1, 0.15) is 18.1 Å². The molecule has 13 heteroatoms. The van der Waals surface area contributed by atoms with Crippen LogP contribution in [0.4, 0.5) is 5.69 Å². The van der Waals surface area contributed by atoms with E-state index >= 15 is 0 Å². The van der Waals surface area contributed by atoms with Gasteiger partial charge in [0.2, 0.25) is 5.88 Å². The van der Waals surface area contributed by atoms with Gasteiger partial charge < -0.3 is 19.5 Å². The zero-order chi connectivity index (χ0) is 24.9. The third kappa shape index (κ3) is 5.06. The van der Waals surface area contributed by atoms with Crippen LogP contribution in [0.5, 0.6) is 17.4 Å². The summed E-state index contributed by atoms with van der Waals surface area (Å²) in [6, 6.07) is 12.3. The maximum Gasteiger partial charge on any atom is 0.270 e. The molecular formula is C22H19ClN6O6. The number of fused-ring (bicyclic) bond motifs is 1. The molecule has 2 aromatic carbocycles. The Hall–Kier alpha value is -4.45. The number of ether oxygens (including phenoxy) is 3. The lowest BCUT2D eigenvalue weighted by Gasteiger charge is -2.10. The number of hydrogen-bond acceptors (Lipinski definition) is 9. The summed E-state index contributed by atoms with van der Waals surface area (Å²) in [7, 11) is 3.10. The van der Waals surface area contributed by atoms with Crippen molar-refractivity contribution in [1.29, 1.82) is 0 Å². The van der Waals surface area contributed by atoms with E-state index in [0.29, 0.717) is 28.5 Å². The number of hydrogen-bond donors (Lipinski definition) is 1. The first kappa shape index (κ1) is 23.7. The van der Waals surface area contributed by atoms with Gasteiger partial charge in [0, 0.05) is 24.3 Å². The Morgan fingerprint density at radius 3 is 2.69 bits per heavy atom. The number of methoxy groups -OCH3 is 2. The molecule has 35 heavy (non-hydrogen) atoms. The Labute approximate surface area is 203 Å². The van der Waals surface area contributed by atoms with Crippen molar-refractivity contribution in [1.82, 2.24) is 25.1 Å². The number of non-ortho nitro benzene ring substituents is 1. The summed E-state index contributed by atoms with van der Waals surface area (Å²) in [6.07, 6.45) is 0. The molecule has 0 aliphatic heterocycles. The smallest absolute Gasteiger partial charge is 0.270 e. The highest BCUT2D eigenvalue weighted by Gasteiger charge is 2.17. The molecule has 2 heterocycles.